The molecule has 0 radical (unpaired) electrons. The maximum Gasteiger partial charge on any atom is 0.0175 e. The van der Waals surface area contributed by atoms with Crippen LogP contribution < -0.4 is 0 Å². The summed E-state index contributed by atoms with van der Waals surface area (Å²) in [7, 11) is 1.20. The van der Waals surface area contributed by atoms with Crippen LogP contribution in [-0.4, -0.2) is 10.2 Å². The molecule has 0 nitrogen and oxygen atoms in total. The van der Waals surface area contributed by atoms with Gasteiger partial charge in [-0.15, -0.1) is 0 Å². The Labute approximate surface area is 200 Å². The molecular weight excluding hydrogens is 400 g/mol. The molecule has 1 fully saturated rings. The van der Waals surface area contributed by atoms with Crippen molar-refractivity contribution < 1.29 is 0 Å². The first-order valence-corrected chi connectivity index (χ1v) is 14.0. The minimum absolute atomic E-state index is 0.144. The Morgan fingerprint density at radius 1 is 0.875 bits per heavy atom. The Morgan fingerprint density at radius 3 is 2.03 bits per heavy atom. The summed E-state index contributed by atoms with van der Waals surface area (Å²) in [6.07, 6.45) is 11.0. The standard InChI is InChI=1S/C31H44Si/c1-29(2,3)23-16-21(17-24(19-23)30(4,5)6)25-12-11-13-26-27(25)18-22(28(26)32)20-31(7)14-9-8-10-15-31/h11-13,16-19,28H,8-10,14-15,20H2,1-7,32H3. The summed E-state index contributed by atoms with van der Waals surface area (Å²) in [6, 6.07) is 14.4. The fourth-order valence-corrected chi connectivity index (χ4v) is 6.69. The Kier molecular flexibility index (Phi) is 6.12. The first kappa shape index (κ1) is 23.6. The van der Waals surface area contributed by atoms with Crippen LogP contribution in [0.25, 0.3) is 17.2 Å². The van der Waals surface area contributed by atoms with Crippen LogP contribution in [0, 0.1) is 5.41 Å². The quantitative estimate of drug-likeness (QED) is 0.419. The maximum absolute atomic E-state index is 2.60. The normalized spacial score (nSPS) is 20.8. The van der Waals surface area contributed by atoms with E-state index in [1.807, 2.05) is 0 Å². The topological polar surface area (TPSA) is 0 Å². The number of benzene rings is 2. The minimum Gasteiger partial charge on any atom is -0.0653 e. The average molecular weight is 445 g/mol. The molecule has 1 heteroatoms. The predicted molar refractivity (Wildman–Crippen MR) is 146 cm³/mol. The molecule has 32 heavy (non-hydrogen) atoms. The molecule has 0 N–H and O–H groups in total. The summed E-state index contributed by atoms with van der Waals surface area (Å²) in [5.74, 6) is 0. The zero-order valence-corrected chi connectivity index (χ0v) is 23.9. The van der Waals surface area contributed by atoms with Crippen LogP contribution in [-0.2, 0) is 10.8 Å². The molecule has 1 saturated carbocycles. The summed E-state index contributed by atoms with van der Waals surface area (Å²) in [5.41, 5.74) is 12.0. The van der Waals surface area contributed by atoms with Crippen molar-refractivity contribution in [3.05, 3.63) is 64.2 Å². The van der Waals surface area contributed by atoms with Crippen LogP contribution >= 0.6 is 0 Å². The monoisotopic (exact) mass is 444 g/mol. The molecule has 2 aromatic carbocycles. The molecule has 0 aliphatic heterocycles. The second kappa shape index (κ2) is 8.31. The molecule has 2 aliphatic carbocycles. The first-order valence-electron chi connectivity index (χ1n) is 12.9. The molecule has 0 saturated heterocycles. The van der Waals surface area contributed by atoms with Gasteiger partial charge in [0.25, 0.3) is 0 Å². The highest BCUT2D eigenvalue weighted by molar-refractivity contribution is 6.16. The zero-order valence-electron chi connectivity index (χ0n) is 21.9. The van der Waals surface area contributed by atoms with E-state index in [1.54, 1.807) is 11.1 Å². The van der Waals surface area contributed by atoms with Gasteiger partial charge in [0.15, 0.2) is 0 Å². The van der Waals surface area contributed by atoms with E-state index in [2.05, 4.69) is 90.9 Å². The van der Waals surface area contributed by atoms with E-state index in [0.717, 1.165) is 0 Å². The van der Waals surface area contributed by atoms with Crippen LogP contribution in [0.2, 0.25) is 0 Å². The summed E-state index contributed by atoms with van der Waals surface area (Å²) in [6.45, 7) is 16.6. The van der Waals surface area contributed by atoms with Gasteiger partial charge in [-0.3, -0.25) is 0 Å². The van der Waals surface area contributed by atoms with Crippen LogP contribution in [0.3, 0.4) is 0 Å². The van der Waals surface area contributed by atoms with Crippen molar-refractivity contribution in [1.29, 1.82) is 0 Å². The molecule has 1 unspecified atom stereocenters. The van der Waals surface area contributed by atoms with E-state index >= 15 is 0 Å². The minimum atomic E-state index is 0.144. The number of fused-ring (bicyclic) bond motifs is 1. The molecular formula is C31H44Si. The van der Waals surface area contributed by atoms with Crippen molar-refractivity contribution >= 4 is 16.3 Å². The molecule has 4 rings (SSSR count). The molecule has 2 aliphatic rings. The summed E-state index contributed by atoms with van der Waals surface area (Å²) < 4.78 is 0. The van der Waals surface area contributed by atoms with E-state index in [9.17, 15) is 0 Å². The average Bonchev–Trinajstić information content (AvgIpc) is 3.02. The van der Waals surface area contributed by atoms with Gasteiger partial charge in [-0.25, -0.2) is 0 Å². The third kappa shape index (κ3) is 4.69. The lowest BCUT2D eigenvalue weighted by Gasteiger charge is -2.35. The third-order valence-corrected chi connectivity index (χ3v) is 9.52. The molecule has 172 valence electrons. The highest BCUT2D eigenvalue weighted by Gasteiger charge is 2.32. The lowest BCUT2D eigenvalue weighted by atomic mass is 9.71. The number of hydrogen-bond acceptors (Lipinski definition) is 0. The molecule has 0 aromatic heterocycles. The van der Waals surface area contributed by atoms with Gasteiger partial charge in [0.1, 0.15) is 0 Å². The molecule has 2 aromatic rings. The Bertz CT molecular complexity index is 987. The lowest BCUT2D eigenvalue weighted by Crippen LogP contribution is -2.21. The Hall–Kier alpha value is -1.60. The van der Waals surface area contributed by atoms with Crippen LogP contribution in [0.1, 0.15) is 115 Å². The van der Waals surface area contributed by atoms with Gasteiger partial charge in [-0.05, 0) is 74.4 Å². The smallest absolute Gasteiger partial charge is 0.0175 e. The van der Waals surface area contributed by atoms with Crippen molar-refractivity contribution in [2.75, 3.05) is 0 Å². The molecule has 0 spiro atoms. The largest absolute Gasteiger partial charge is 0.0653 e. The van der Waals surface area contributed by atoms with Crippen molar-refractivity contribution in [3.8, 4) is 11.1 Å². The van der Waals surface area contributed by atoms with E-state index < -0.39 is 0 Å². The van der Waals surface area contributed by atoms with Crippen molar-refractivity contribution in [1.82, 2.24) is 0 Å². The number of hydrogen-bond donors (Lipinski definition) is 0. The van der Waals surface area contributed by atoms with Crippen LogP contribution in [0.4, 0.5) is 0 Å². The molecule has 1 atom stereocenters. The van der Waals surface area contributed by atoms with E-state index in [1.165, 1.54) is 76.6 Å². The van der Waals surface area contributed by atoms with Crippen molar-refractivity contribution in [3.63, 3.8) is 0 Å². The SMILES string of the molecule is CC1(CC2=Cc3c(-c4cc(C(C)(C)C)cc(C(C)(C)C)c4)cccc3C2[SiH3])CCCCC1. The fourth-order valence-electron chi connectivity index (χ4n) is 5.81. The number of allylic oxidation sites excluding steroid dienone is 1. The van der Waals surface area contributed by atoms with Gasteiger partial charge in [-0.1, -0.05) is 116 Å². The summed E-state index contributed by atoms with van der Waals surface area (Å²) in [5, 5.41) is 0. The van der Waals surface area contributed by atoms with E-state index in [-0.39, 0.29) is 10.8 Å². The van der Waals surface area contributed by atoms with Gasteiger partial charge in [-0.2, -0.15) is 0 Å². The van der Waals surface area contributed by atoms with Gasteiger partial charge >= 0.3 is 0 Å². The maximum atomic E-state index is 2.60. The van der Waals surface area contributed by atoms with Gasteiger partial charge in [0.2, 0.25) is 0 Å². The summed E-state index contributed by atoms with van der Waals surface area (Å²) >= 11 is 0. The molecule has 0 amide bonds. The second-order valence-electron chi connectivity index (χ2n) is 13.1. The summed E-state index contributed by atoms with van der Waals surface area (Å²) in [4.78, 5) is 0. The predicted octanol–water partition coefficient (Wildman–Crippen LogP) is 8.11. The third-order valence-electron chi connectivity index (χ3n) is 8.16. The van der Waals surface area contributed by atoms with Gasteiger partial charge < -0.3 is 0 Å². The van der Waals surface area contributed by atoms with Crippen molar-refractivity contribution in [2.24, 2.45) is 5.41 Å². The number of rotatable bonds is 3. The lowest BCUT2D eigenvalue weighted by molar-refractivity contribution is 0.214. The fraction of sp³-hybridized carbons (Fsp3) is 0.548. The highest BCUT2D eigenvalue weighted by atomic mass is 28.1. The molecule has 0 heterocycles. The van der Waals surface area contributed by atoms with Crippen LogP contribution in [0.5, 0.6) is 0 Å². The van der Waals surface area contributed by atoms with Crippen LogP contribution in [0.15, 0.2) is 42.0 Å². The van der Waals surface area contributed by atoms with Gasteiger partial charge in [0, 0.05) is 10.2 Å². The van der Waals surface area contributed by atoms with E-state index in [4.69, 9.17) is 0 Å². The molecule has 0 bridgehead atoms. The Balaban J connectivity index is 1.79. The second-order valence-corrected chi connectivity index (χ2v) is 14.3. The van der Waals surface area contributed by atoms with Gasteiger partial charge in [0.05, 0.1) is 0 Å². The van der Waals surface area contributed by atoms with E-state index in [0.29, 0.717) is 11.0 Å². The van der Waals surface area contributed by atoms with Crippen molar-refractivity contribution in [2.45, 2.75) is 103 Å². The Morgan fingerprint density at radius 2 is 1.47 bits per heavy atom. The zero-order chi connectivity index (χ0) is 23.3. The highest BCUT2D eigenvalue weighted by Crippen LogP contribution is 2.48. The first-order chi connectivity index (χ1) is 14.9.